The molecule has 1 unspecified atom stereocenters. The van der Waals surface area contributed by atoms with Crippen LogP contribution in [0.1, 0.15) is 12.0 Å². The van der Waals surface area contributed by atoms with Gasteiger partial charge in [0.25, 0.3) is 0 Å². The summed E-state index contributed by atoms with van der Waals surface area (Å²) >= 11 is 0. The molecule has 0 aliphatic rings. The summed E-state index contributed by atoms with van der Waals surface area (Å²) in [5.41, 5.74) is 0.968. The number of nitriles is 1. The lowest BCUT2D eigenvalue weighted by atomic mass is 10.1. The largest absolute Gasteiger partial charge is 0.461 e. The lowest BCUT2D eigenvalue weighted by Gasteiger charge is -2.06. The number of carbonyl (C=O) groups excluding carboxylic acids is 1. The van der Waals surface area contributed by atoms with E-state index in [2.05, 4.69) is 6.07 Å². The van der Waals surface area contributed by atoms with Crippen molar-refractivity contribution in [1.29, 1.82) is 5.26 Å². The van der Waals surface area contributed by atoms with E-state index in [1.54, 1.807) is 0 Å². The van der Waals surface area contributed by atoms with Gasteiger partial charge in [-0.3, -0.25) is 4.79 Å². The molecule has 0 aliphatic heterocycles. The lowest BCUT2D eigenvalue weighted by Crippen LogP contribution is -2.10. The molecule has 16 heavy (non-hydrogen) atoms. The Morgan fingerprint density at radius 2 is 2.12 bits per heavy atom. The Morgan fingerprint density at radius 3 is 2.69 bits per heavy atom. The van der Waals surface area contributed by atoms with Gasteiger partial charge in [-0.1, -0.05) is 30.3 Å². The number of benzene rings is 1. The van der Waals surface area contributed by atoms with Crippen molar-refractivity contribution in [2.75, 3.05) is 0 Å². The van der Waals surface area contributed by atoms with Crippen LogP contribution >= 0.6 is 0 Å². The van der Waals surface area contributed by atoms with Crippen molar-refractivity contribution in [3.63, 3.8) is 0 Å². The van der Waals surface area contributed by atoms with Crippen LogP contribution in [0.3, 0.4) is 0 Å². The third-order valence-corrected chi connectivity index (χ3v) is 3.32. The van der Waals surface area contributed by atoms with Gasteiger partial charge in [-0.15, -0.1) is 0 Å². The SMILES string of the molecule is N#CC(C[SiH3])CC(=O)OCc1ccccc1. The number of hydrogen-bond acceptors (Lipinski definition) is 3. The summed E-state index contributed by atoms with van der Waals surface area (Å²) in [5.74, 6) is -0.457. The van der Waals surface area contributed by atoms with Gasteiger partial charge >= 0.3 is 5.97 Å². The maximum Gasteiger partial charge on any atom is 0.307 e. The Hall–Kier alpha value is -1.60. The van der Waals surface area contributed by atoms with Gasteiger partial charge in [0.2, 0.25) is 0 Å². The highest BCUT2D eigenvalue weighted by molar-refractivity contribution is 6.09. The normalized spacial score (nSPS) is 11.7. The zero-order valence-corrected chi connectivity index (χ0v) is 11.3. The van der Waals surface area contributed by atoms with Gasteiger partial charge in [-0.25, -0.2) is 0 Å². The predicted molar refractivity (Wildman–Crippen MR) is 64.7 cm³/mol. The summed E-state index contributed by atoms with van der Waals surface area (Å²) in [6.45, 7) is 0.291. The molecule has 0 fully saturated rings. The van der Waals surface area contributed by atoms with E-state index in [0.29, 0.717) is 6.61 Å². The minimum Gasteiger partial charge on any atom is -0.461 e. The van der Waals surface area contributed by atoms with Crippen molar-refractivity contribution in [2.24, 2.45) is 5.92 Å². The maximum atomic E-state index is 11.4. The summed E-state index contributed by atoms with van der Waals surface area (Å²) in [4.78, 5) is 11.4. The molecular formula is C12H15NO2Si. The molecule has 0 N–H and O–H groups in total. The monoisotopic (exact) mass is 233 g/mol. The van der Waals surface area contributed by atoms with E-state index in [-0.39, 0.29) is 18.3 Å². The molecule has 1 rings (SSSR count). The second-order valence-electron chi connectivity index (χ2n) is 3.58. The van der Waals surface area contributed by atoms with Crippen LogP contribution in [0.2, 0.25) is 6.04 Å². The molecule has 0 heterocycles. The van der Waals surface area contributed by atoms with Gasteiger partial charge in [0, 0.05) is 10.2 Å². The topological polar surface area (TPSA) is 50.1 Å². The summed E-state index contributed by atoms with van der Waals surface area (Å²) in [7, 11) is 0.937. The summed E-state index contributed by atoms with van der Waals surface area (Å²) in [5, 5.41) is 8.72. The van der Waals surface area contributed by atoms with Crippen LogP contribution in [0, 0.1) is 17.2 Å². The van der Waals surface area contributed by atoms with Crippen molar-refractivity contribution < 1.29 is 9.53 Å². The van der Waals surface area contributed by atoms with E-state index in [1.165, 1.54) is 0 Å². The first-order valence-electron chi connectivity index (χ1n) is 5.35. The van der Waals surface area contributed by atoms with Crippen molar-refractivity contribution in [2.45, 2.75) is 19.1 Å². The molecule has 3 nitrogen and oxygen atoms in total. The van der Waals surface area contributed by atoms with Gasteiger partial charge < -0.3 is 4.74 Å². The van der Waals surface area contributed by atoms with Crippen LogP contribution in [0.15, 0.2) is 30.3 Å². The average Bonchev–Trinajstić information content (AvgIpc) is 2.34. The Balaban J connectivity index is 2.34. The number of hydrogen-bond donors (Lipinski definition) is 0. The van der Waals surface area contributed by atoms with E-state index >= 15 is 0 Å². The Bertz CT molecular complexity index is 372. The minimum atomic E-state index is -0.286. The van der Waals surface area contributed by atoms with Crippen molar-refractivity contribution in [3.05, 3.63) is 35.9 Å². The van der Waals surface area contributed by atoms with E-state index in [9.17, 15) is 4.79 Å². The van der Waals surface area contributed by atoms with Crippen molar-refractivity contribution in [1.82, 2.24) is 0 Å². The molecule has 1 aromatic carbocycles. The van der Waals surface area contributed by atoms with Crippen LogP contribution in [-0.2, 0) is 16.1 Å². The first kappa shape index (κ1) is 12.5. The van der Waals surface area contributed by atoms with Gasteiger partial charge in [0.1, 0.15) is 6.61 Å². The molecule has 0 amide bonds. The molecular weight excluding hydrogens is 218 g/mol. The average molecular weight is 233 g/mol. The Labute approximate surface area is 98.5 Å². The van der Waals surface area contributed by atoms with Crippen LogP contribution in [0.5, 0.6) is 0 Å². The number of esters is 1. The molecule has 0 saturated heterocycles. The first-order chi connectivity index (χ1) is 7.76. The highest BCUT2D eigenvalue weighted by atomic mass is 28.1. The number of rotatable bonds is 5. The second-order valence-corrected chi connectivity index (χ2v) is 4.40. The minimum absolute atomic E-state index is 0.171. The van der Waals surface area contributed by atoms with Crippen LogP contribution in [0.25, 0.3) is 0 Å². The van der Waals surface area contributed by atoms with Gasteiger partial charge in [0.05, 0.1) is 18.4 Å². The predicted octanol–water partition coefficient (Wildman–Crippen LogP) is 1.04. The van der Waals surface area contributed by atoms with Crippen molar-refractivity contribution >= 4 is 16.2 Å². The lowest BCUT2D eigenvalue weighted by molar-refractivity contribution is -0.145. The van der Waals surface area contributed by atoms with Crippen molar-refractivity contribution in [3.8, 4) is 6.07 Å². The molecule has 4 heteroatoms. The summed E-state index contributed by atoms with van der Waals surface area (Å²) in [6.07, 6.45) is 0.215. The van der Waals surface area contributed by atoms with E-state index < -0.39 is 0 Å². The summed E-state index contributed by atoms with van der Waals surface area (Å²) < 4.78 is 5.09. The molecule has 1 aromatic rings. The maximum absolute atomic E-state index is 11.4. The van der Waals surface area contributed by atoms with E-state index in [1.807, 2.05) is 30.3 Å². The van der Waals surface area contributed by atoms with Crippen LogP contribution in [-0.4, -0.2) is 16.2 Å². The number of ether oxygens (including phenoxy) is 1. The fourth-order valence-corrected chi connectivity index (χ4v) is 1.75. The van der Waals surface area contributed by atoms with Gasteiger partial charge in [0.15, 0.2) is 0 Å². The highest BCUT2D eigenvalue weighted by Gasteiger charge is 2.12. The summed E-state index contributed by atoms with van der Waals surface area (Å²) in [6, 6.07) is 12.5. The molecule has 0 bridgehead atoms. The standard InChI is InChI=1S/C12H15NO2Si/c13-7-11(9-16)6-12(14)15-8-10-4-2-1-3-5-10/h1-5,11H,6,8-9H2,16H3. The van der Waals surface area contributed by atoms with Gasteiger partial charge in [-0.2, -0.15) is 5.26 Å². The van der Waals surface area contributed by atoms with Gasteiger partial charge in [-0.05, 0) is 11.6 Å². The fraction of sp³-hybridized carbons (Fsp3) is 0.333. The smallest absolute Gasteiger partial charge is 0.307 e. The second kappa shape index (κ2) is 6.80. The molecule has 0 aliphatic carbocycles. The fourth-order valence-electron chi connectivity index (χ4n) is 1.28. The molecule has 0 saturated carbocycles. The molecule has 0 spiro atoms. The molecule has 1 atom stereocenters. The number of carbonyl (C=O) groups is 1. The highest BCUT2D eigenvalue weighted by Crippen LogP contribution is 2.08. The quantitative estimate of drug-likeness (QED) is 0.564. The molecule has 0 radical (unpaired) electrons. The van der Waals surface area contributed by atoms with E-state index in [0.717, 1.165) is 21.9 Å². The zero-order valence-electron chi connectivity index (χ0n) is 9.35. The Morgan fingerprint density at radius 1 is 1.44 bits per heavy atom. The third-order valence-electron chi connectivity index (χ3n) is 2.33. The molecule has 0 aromatic heterocycles. The first-order valence-corrected chi connectivity index (χ1v) is 6.76. The van der Waals surface area contributed by atoms with Crippen LogP contribution < -0.4 is 0 Å². The number of nitrogens with zero attached hydrogens (tertiary/aromatic N) is 1. The van der Waals surface area contributed by atoms with Crippen LogP contribution in [0.4, 0.5) is 0 Å². The Kier molecular flexibility index (Phi) is 5.30. The third kappa shape index (κ3) is 4.28. The zero-order chi connectivity index (χ0) is 11.8. The van der Waals surface area contributed by atoms with E-state index in [4.69, 9.17) is 10.00 Å². The molecule has 84 valence electrons.